The first-order chi connectivity index (χ1) is 8.76. The molecule has 0 saturated heterocycles. The first-order valence-electron chi connectivity index (χ1n) is 6.25. The number of rotatable bonds is 4. The van der Waals surface area contributed by atoms with Gasteiger partial charge >= 0.3 is 0 Å². The highest BCUT2D eigenvalue weighted by Gasteiger charge is 2.08. The maximum Gasteiger partial charge on any atom is 0.0294 e. The predicted molar refractivity (Wildman–Crippen MR) is 80.6 cm³/mol. The number of benzene rings is 2. The fourth-order valence-electron chi connectivity index (χ4n) is 2.14. The van der Waals surface area contributed by atoms with Crippen LogP contribution in [-0.4, -0.2) is 13.1 Å². The van der Waals surface area contributed by atoms with Crippen LogP contribution in [0, 0.1) is 0 Å². The summed E-state index contributed by atoms with van der Waals surface area (Å²) in [6, 6.07) is 15.3. The zero-order valence-electron chi connectivity index (χ0n) is 11.0. The van der Waals surface area contributed by atoms with Crippen LogP contribution < -0.4 is 5.32 Å². The summed E-state index contributed by atoms with van der Waals surface area (Å²) in [5.74, 6) is 0. The maximum absolute atomic E-state index is 3.80. The molecule has 1 N–H and O–H groups in total. The van der Waals surface area contributed by atoms with E-state index in [1.54, 1.807) is 0 Å². The molecule has 0 amide bonds. The van der Waals surface area contributed by atoms with Crippen molar-refractivity contribution in [3.63, 3.8) is 0 Å². The molecule has 1 heteroatoms. The number of allylic oxidation sites excluding steroid dienone is 2. The third-order valence-electron chi connectivity index (χ3n) is 3.28. The van der Waals surface area contributed by atoms with Gasteiger partial charge in [-0.15, -0.1) is 0 Å². The molecule has 2 aromatic carbocycles. The fourth-order valence-corrected chi connectivity index (χ4v) is 2.14. The Morgan fingerprint density at radius 3 is 2.56 bits per heavy atom. The Bertz CT molecular complexity index is 581. The van der Waals surface area contributed by atoms with E-state index >= 15 is 0 Å². The summed E-state index contributed by atoms with van der Waals surface area (Å²) < 4.78 is 0. The molecule has 18 heavy (non-hydrogen) atoms. The SMILES string of the molecule is C=C/C=C(/c1ccc2ccccc2c1)C(C)NC. The van der Waals surface area contributed by atoms with Crippen molar-refractivity contribution in [2.24, 2.45) is 0 Å². The summed E-state index contributed by atoms with van der Waals surface area (Å²) in [6.07, 6.45) is 3.92. The molecule has 0 fully saturated rings. The van der Waals surface area contributed by atoms with Gasteiger partial charge in [-0.1, -0.05) is 55.1 Å². The molecule has 0 aliphatic carbocycles. The lowest BCUT2D eigenvalue weighted by Crippen LogP contribution is -2.22. The van der Waals surface area contributed by atoms with E-state index in [4.69, 9.17) is 0 Å². The topological polar surface area (TPSA) is 12.0 Å². The molecule has 1 unspecified atom stereocenters. The third-order valence-corrected chi connectivity index (χ3v) is 3.28. The van der Waals surface area contributed by atoms with Crippen LogP contribution in [0.25, 0.3) is 16.3 Å². The monoisotopic (exact) mass is 237 g/mol. The average Bonchev–Trinajstić information content (AvgIpc) is 2.43. The van der Waals surface area contributed by atoms with Gasteiger partial charge in [-0.25, -0.2) is 0 Å². The molecule has 0 aliphatic heterocycles. The molecule has 0 spiro atoms. The van der Waals surface area contributed by atoms with Crippen molar-refractivity contribution in [2.75, 3.05) is 7.05 Å². The number of hydrogen-bond donors (Lipinski definition) is 1. The molecular formula is C17H19N. The zero-order chi connectivity index (χ0) is 13.0. The lowest BCUT2D eigenvalue weighted by Gasteiger charge is -2.16. The quantitative estimate of drug-likeness (QED) is 0.792. The van der Waals surface area contributed by atoms with Gasteiger partial charge in [-0.2, -0.15) is 0 Å². The molecule has 92 valence electrons. The second-order valence-corrected chi connectivity index (χ2v) is 4.43. The largest absolute Gasteiger partial charge is 0.313 e. The molecule has 2 rings (SSSR count). The molecule has 0 radical (unpaired) electrons. The second-order valence-electron chi connectivity index (χ2n) is 4.43. The summed E-state index contributed by atoms with van der Waals surface area (Å²) in [6.45, 7) is 5.96. The molecule has 2 aromatic rings. The van der Waals surface area contributed by atoms with Crippen LogP contribution in [0.4, 0.5) is 0 Å². The molecule has 1 nitrogen and oxygen atoms in total. The van der Waals surface area contributed by atoms with Gasteiger partial charge in [0.05, 0.1) is 0 Å². The highest BCUT2D eigenvalue weighted by Crippen LogP contribution is 2.23. The normalized spacial score (nSPS) is 13.6. The first kappa shape index (κ1) is 12.6. The van der Waals surface area contributed by atoms with Crippen LogP contribution in [0.5, 0.6) is 0 Å². The summed E-state index contributed by atoms with van der Waals surface area (Å²) in [5.41, 5.74) is 2.51. The van der Waals surface area contributed by atoms with Gasteiger partial charge in [0.15, 0.2) is 0 Å². The van der Waals surface area contributed by atoms with Gasteiger partial charge in [0, 0.05) is 6.04 Å². The van der Waals surface area contributed by atoms with Gasteiger partial charge in [0.25, 0.3) is 0 Å². The first-order valence-corrected chi connectivity index (χ1v) is 6.25. The zero-order valence-corrected chi connectivity index (χ0v) is 11.0. The lowest BCUT2D eigenvalue weighted by molar-refractivity contribution is 0.745. The Labute approximate surface area is 109 Å². The molecule has 0 aliphatic rings. The van der Waals surface area contributed by atoms with E-state index in [0.717, 1.165) is 0 Å². The summed E-state index contributed by atoms with van der Waals surface area (Å²) >= 11 is 0. The Morgan fingerprint density at radius 2 is 1.89 bits per heavy atom. The van der Waals surface area contributed by atoms with E-state index in [1.165, 1.54) is 21.9 Å². The van der Waals surface area contributed by atoms with Crippen molar-refractivity contribution in [2.45, 2.75) is 13.0 Å². The maximum atomic E-state index is 3.80. The Morgan fingerprint density at radius 1 is 1.17 bits per heavy atom. The Balaban J connectivity index is 2.51. The standard InChI is InChI=1S/C17H19N/c1-4-7-17(13(2)18-3)16-11-10-14-8-5-6-9-15(14)12-16/h4-13,18H,1H2,2-3H3/b17-7+. The molecule has 1 atom stereocenters. The van der Waals surface area contributed by atoms with Crippen LogP contribution >= 0.6 is 0 Å². The highest BCUT2D eigenvalue weighted by molar-refractivity contribution is 5.87. The van der Waals surface area contributed by atoms with Crippen LogP contribution in [0.1, 0.15) is 12.5 Å². The van der Waals surface area contributed by atoms with E-state index in [9.17, 15) is 0 Å². The van der Waals surface area contributed by atoms with Crippen LogP contribution in [0.3, 0.4) is 0 Å². The molecular weight excluding hydrogens is 218 g/mol. The summed E-state index contributed by atoms with van der Waals surface area (Å²) in [5, 5.41) is 5.83. The molecule has 0 saturated carbocycles. The minimum atomic E-state index is 0.309. The number of fused-ring (bicyclic) bond motifs is 1. The van der Waals surface area contributed by atoms with Crippen molar-refractivity contribution in [1.82, 2.24) is 5.32 Å². The number of likely N-dealkylation sites (N-methyl/N-ethyl adjacent to an activating group) is 1. The van der Waals surface area contributed by atoms with E-state index in [0.29, 0.717) is 6.04 Å². The van der Waals surface area contributed by atoms with E-state index in [2.05, 4.69) is 67.4 Å². The van der Waals surface area contributed by atoms with Crippen LogP contribution in [0.2, 0.25) is 0 Å². The van der Waals surface area contributed by atoms with E-state index in [-0.39, 0.29) is 0 Å². The minimum absolute atomic E-state index is 0.309. The molecule has 0 heterocycles. The average molecular weight is 237 g/mol. The summed E-state index contributed by atoms with van der Waals surface area (Å²) in [4.78, 5) is 0. The minimum Gasteiger partial charge on any atom is -0.313 e. The van der Waals surface area contributed by atoms with Crippen LogP contribution in [0.15, 0.2) is 61.2 Å². The second kappa shape index (κ2) is 5.65. The predicted octanol–water partition coefficient (Wildman–Crippen LogP) is 4.02. The molecule has 0 bridgehead atoms. The number of nitrogens with one attached hydrogen (secondary N) is 1. The third kappa shape index (κ3) is 2.52. The van der Waals surface area contributed by atoms with E-state index in [1.807, 2.05) is 13.1 Å². The lowest BCUT2D eigenvalue weighted by atomic mass is 9.96. The van der Waals surface area contributed by atoms with Crippen molar-refractivity contribution < 1.29 is 0 Å². The van der Waals surface area contributed by atoms with Crippen molar-refractivity contribution in [1.29, 1.82) is 0 Å². The number of hydrogen-bond acceptors (Lipinski definition) is 1. The van der Waals surface area contributed by atoms with Gasteiger partial charge in [-0.3, -0.25) is 0 Å². The summed E-state index contributed by atoms with van der Waals surface area (Å²) in [7, 11) is 1.97. The smallest absolute Gasteiger partial charge is 0.0294 e. The fraction of sp³-hybridized carbons (Fsp3) is 0.176. The Hall–Kier alpha value is -1.86. The van der Waals surface area contributed by atoms with Crippen molar-refractivity contribution in [3.05, 3.63) is 66.8 Å². The van der Waals surface area contributed by atoms with Crippen molar-refractivity contribution in [3.8, 4) is 0 Å². The van der Waals surface area contributed by atoms with Gasteiger partial charge in [0.2, 0.25) is 0 Å². The molecule has 0 aromatic heterocycles. The van der Waals surface area contributed by atoms with Crippen molar-refractivity contribution >= 4 is 16.3 Å². The van der Waals surface area contributed by atoms with Gasteiger partial charge in [0.1, 0.15) is 0 Å². The van der Waals surface area contributed by atoms with E-state index < -0.39 is 0 Å². The highest BCUT2D eigenvalue weighted by atomic mass is 14.9. The van der Waals surface area contributed by atoms with Gasteiger partial charge < -0.3 is 5.32 Å². The van der Waals surface area contributed by atoms with Gasteiger partial charge in [-0.05, 0) is 41.9 Å². The Kier molecular flexibility index (Phi) is 3.96. The van der Waals surface area contributed by atoms with Crippen LogP contribution in [-0.2, 0) is 0 Å².